The molecule has 7 amide bonds. The van der Waals surface area contributed by atoms with E-state index in [2.05, 4.69) is 37.2 Å². The molecule has 0 aliphatic carbocycles. The molecule has 0 aliphatic heterocycles. The lowest BCUT2D eigenvalue weighted by Crippen LogP contribution is -2.59. The number of rotatable bonds is 29. The second-order valence-corrected chi connectivity index (χ2v) is 13.5. The first-order valence-electron chi connectivity index (χ1n) is 18.6. The first-order valence-corrected chi connectivity index (χ1v) is 18.6. The van der Waals surface area contributed by atoms with Crippen molar-refractivity contribution in [3.8, 4) is 0 Å². The average molecular weight is 817 g/mol. The van der Waals surface area contributed by atoms with Crippen molar-refractivity contribution in [3.63, 3.8) is 0 Å². The number of unbranched alkanes of at least 4 members (excludes halogenated alkanes) is 2. The number of amides is 7. The molecule has 0 aliphatic rings. The number of carbonyl (C=O) groups excluding carboxylic acids is 7. The maximum absolute atomic E-state index is 13.4. The quantitative estimate of drug-likeness (QED) is 0.0319. The molecule has 0 aromatic rings. The molecule has 324 valence electrons. The Morgan fingerprint density at radius 3 is 1.02 bits per heavy atom. The van der Waals surface area contributed by atoms with Gasteiger partial charge in [0.05, 0.1) is 6.04 Å². The summed E-state index contributed by atoms with van der Waals surface area (Å²) in [5.74, 6) is -9.92. The van der Waals surface area contributed by atoms with Crippen molar-refractivity contribution in [1.82, 2.24) is 37.2 Å². The minimum atomic E-state index is -1.51. The number of carboxylic acids is 3. The summed E-state index contributed by atoms with van der Waals surface area (Å²) in [5, 5.41) is 44.3. The van der Waals surface area contributed by atoms with Gasteiger partial charge < -0.3 is 69.7 Å². The van der Waals surface area contributed by atoms with Crippen LogP contribution in [0.1, 0.15) is 91.9 Å². The summed E-state index contributed by atoms with van der Waals surface area (Å²) in [7, 11) is 0. The van der Waals surface area contributed by atoms with Crippen LogP contribution in [0.5, 0.6) is 0 Å². The predicted octanol–water partition coefficient (Wildman–Crippen LogP) is -4.14. The lowest BCUT2D eigenvalue weighted by Gasteiger charge is -2.26. The maximum Gasteiger partial charge on any atom is 0.326 e. The monoisotopic (exact) mass is 816 g/mol. The zero-order valence-electron chi connectivity index (χ0n) is 32.8. The third-order valence-electron chi connectivity index (χ3n) is 8.37. The molecule has 0 fully saturated rings. The fourth-order valence-electron chi connectivity index (χ4n) is 4.92. The van der Waals surface area contributed by atoms with Crippen LogP contribution in [0.3, 0.4) is 0 Å². The number of hydrogen-bond donors (Lipinski definition) is 13. The van der Waals surface area contributed by atoms with Crippen molar-refractivity contribution in [2.75, 3.05) is 13.1 Å². The van der Waals surface area contributed by atoms with Crippen molar-refractivity contribution in [2.24, 2.45) is 17.2 Å². The Labute approximate surface area is 330 Å². The summed E-state index contributed by atoms with van der Waals surface area (Å²) in [6.45, 7) is 5.72. The van der Waals surface area contributed by atoms with Gasteiger partial charge in [0.2, 0.25) is 41.4 Å². The van der Waals surface area contributed by atoms with Crippen LogP contribution in [-0.2, 0) is 47.9 Å². The maximum atomic E-state index is 13.4. The molecule has 0 saturated carbocycles. The normalized spacial score (nSPS) is 15.1. The predicted molar refractivity (Wildman–Crippen MR) is 201 cm³/mol. The molecule has 0 rings (SSSR count). The van der Waals surface area contributed by atoms with Gasteiger partial charge in [0, 0.05) is 12.8 Å². The highest BCUT2D eigenvalue weighted by atomic mass is 16.4. The first-order chi connectivity index (χ1) is 26.6. The van der Waals surface area contributed by atoms with Crippen molar-refractivity contribution >= 4 is 59.3 Å². The number of aliphatic carboxylic acids is 3. The van der Waals surface area contributed by atoms with E-state index in [9.17, 15) is 58.2 Å². The first kappa shape index (κ1) is 51.6. The third-order valence-corrected chi connectivity index (χ3v) is 8.37. The van der Waals surface area contributed by atoms with E-state index in [1.165, 1.54) is 27.7 Å². The van der Waals surface area contributed by atoms with Gasteiger partial charge in [-0.05, 0) is 92.2 Å². The summed E-state index contributed by atoms with van der Waals surface area (Å²) in [5.41, 5.74) is 16.5. The van der Waals surface area contributed by atoms with Crippen LogP contribution < -0.4 is 54.4 Å². The molecule has 0 spiro atoms. The van der Waals surface area contributed by atoms with Crippen molar-refractivity contribution in [1.29, 1.82) is 0 Å². The van der Waals surface area contributed by atoms with Crippen molar-refractivity contribution in [2.45, 2.75) is 140 Å². The van der Waals surface area contributed by atoms with E-state index in [-0.39, 0.29) is 25.8 Å². The van der Waals surface area contributed by atoms with Gasteiger partial charge in [0.1, 0.15) is 42.3 Å². The minimum Gasteiger partial charge on any atom is -0.481 e. The van der Waals surface area contributed by atoms with Crippen molar-refractivity contribution < 1.29 is 63.3 Å². The molecule has 8 atom stereocenters. The van der Waals surface area contributed by atoms with E-state index in [4.69, 9.17) is 22.3 Å². The Balaban J connectivity index is 5.77. The highest BCUT2D eigenvalue weighted by molar-refractivity contribution is 5.97. The Morgan fingerprint density at radius 1 is 0.421 bits per heavy atom. The molecule has 23 heteroatoms. The Morgan fingerprint density at radius 2 is 0.719 bits per heavy atom. The second-order valence-electron chi connectivity index (χ2n) is 13.5. The largest absolute Gasteiger partial charge is 0.481 e. The van der Waals surface area contributed by atoms with Gasteiger partial charge in [-0.25, -0.2) is 4.79 Å². The smallest absolute Gasteiger partial charge is 0.326 e. The van der Waals surface area contributed by atoms with Crippen LogP contribution >= 0.6 is 0 Å². The molecular weight excluding hydrogens is 756 g/mol. The molecule has 0 bridgehead atoms. The van der Waals surface area contributed by atoms with E-state index in [1.54, 1.807) is 0 Å². The molecule has 16 N–H and O–H groups in total. The third kappa shape index (κ3) is 21.5. The van der Waals surface area contributed by atoms with E-state index >= 15 is 0 Å². The molecule has 0 radical (unpaired) electrons. The van der Waals surface area contributed by atoms with Crippen LogP contribution in [0.4, 0.5) is 0 Å². The Bertz CT molecular complexity index is 1410. The van der Waals surface area contributed by atoms with Gasteiger partial charge in [-0.15, -0.1) is 0 Å². The van der Waals surface area contributed by atoms with Crippen LogP contribution in [0.15, 0.2) is 0 Å². The summed E-state index contributed by atoms with van der Waals surface area (Å²) in [6.07, 6.45) is 0.0603. The zero-order chi connectivity index (χ0) is 43.8. The van der Waals surface area contributed by atoms with Crippen LogP contribution in [0.25, 0.3) is 0 Å². The van der Waals surface area contributed by atoms with Gasteiger partial charge >= 0.3 is 17.9 Å². The molecule has 0 unspecified atom stereocenters. The fourth-order valence-corrected chi connectivity index (χ4v) is 4.92. The average Bonchev–Trinajstić information content (AvgIpc) is 3.13. The van der Waals surface area contributed by atoms with Gasteiger partial charge in [-0.2, -0.15) is 0 Å². The number of hydrogen-bond acceptors (Lipinski definition) is 13. The van der Waals surface area contributed by atoms with Crippen LogP contribution in [-0.4, -0.2) is 136 Å². The molecule has 23 nitrogen and oxygen atoms in total. The molecule has 0 aromatic heterocycles. The van der Waals surface area contributed by atoms with Gasteiger partial charge in [0.15, 0.2) is 0 Å². The second kappa shape index (κ2) is 27.2. The van der Waals surface area contributed by atoms with Crippen LogP contribution in [0, 0.1) is 0 Å². The topological polar surface area (TPSA) is 394 Å². The van der Waals surface area contributed by atoms with E-state index in [0.29, 0.717) is 32.2 Å². The highest BCUT2D eigenvalue weighted by Gasteiger charge is 2.32. The van der Waals surface area contributed by atoms with E-state index in [0.717, 1.165) is 0 Å². The van der Waals surface area contributed by atoms with Crippen molar-refractivity contribution in [3.05, 3.63) is 0 Å². The van der Waals surface area contributed by atoms with E-state index in [1.807, 2.05) is 0 Å². The fraction of sp³-hybridized carbons (Fsp3) is 0.706. The Kier molecular flexibility index (Phi) is 24.6. The highest BCUT2D eigenvalue weighted by Crippen LogP contribution is 2.06. The lowest BCUT2D eigenvalue weighted by molar-refractivity contribution is -0.142. The van der Waals surface area contributed by atoms with Gasteiger partial charge in [-0.3, -0.25) is 43.2 Å². The summed E-state index contributed by atoms with van der Waals surface area (Å²) >= 11 is 0. The van der Waals surface area contributed by atoms with Crippen LogP contribution in [0.2, 0.25) is 0 Å². The lowest BCUT2D eigenvalue weighted by atomic mass is 10.1. The van der Waals surface area contributed by atoms with E-state index < -0.39 is 127 Å². The summed E-state index contributed by atoms with van der Waals surface area (Å²) in [6, 6.07) is -10.4. The number of nitrogens with two attached hydrogens (primary N) is 3. The van der Waals surface area contributed by atoms with Gasteiger partial charge in [0.25, 0.3) is 0 Å². The number of nitrogens with one attached hydrogen (secondary N) is 7. The summed E-state index contributed by atoms with van der Waals surface area (Å²) in [4.78, 5) is 125. The summed E-state index contributed by atoms with van der Waals surface area (Å²) < 4.78 is 0. The minimum absolute atomic E-state index is 0.0365. The Hall–Kier alpha value is -5.42. The number of carbonyl (C=O) groups is 10. The standard InChI is InChI=1S/C34H60N10O13/c1-17(37)27(49)41-22(11-13-25(45)46)32(54)39-18(2)28(50)42-21(9-5-7-15-35)31(53)38-19(3)29(51)43-23(12-14-26(47)48)33(55)40-20(4)30(52)44-24(34(56)57)10-6-8-16-36/h17-24H,5-16,35-37H2,1-4H3,(H,38,53)(H,39,54)(H,40,55)(H,41,49)(H,42,50)(H,43,51)(H,44,52)(H,45,46)(H,47,48)(H,56,57)/t17-,18-,19-,20-,21-,22-,23-,24-/m0/s1. The molecule has 0 aromatic carbocycles. The number of carboxylic acid groups (broad SMARTS) is 3. The molecular formula is C34H60N10O13. The molecule has 0 saturated heterocycles. The van der Waals surface area contributed by atoms with Gasteiger partial charge in [-0.1, -0.05) is 0 Å². The molecule has 0 heterocycles. The SMILES string of the molecule is C[C@H](N)C(=O)N[C@@H](CCC(=O)O)C(=O)N[C@@H](C)C(=O)N[C@@H](CCCCN)C(=O)N[C@@H](C)C(=O)N[C@@H](CCC(=O)O)C(=O)N[C@@H](C)C(=O)N[C@@H](CCCCN)C(=O)O. The molecule has 57 heavy (non-hydrogen) atoms. The zero-order valence-corrected chi connectivity index (χ0v) is 32.8.